The number of rotatable bonds is 5. The van der Waals surface area contributed by atoms with Gasteiger partial charge in [0.2, 0.25) is 0 Å². The van der Waals surface area contributed by atoms with Gasteiger partial charge in [0.25, 0.3) is 0 Å². The Morgan fingerprint density at radius 1 is 1.26 bits per heavy atom. The standard InChI is InChI=1S/C14H22N2O.2ClH/c1-2-15-10-14-12-16(8-9-17-14)11-13-6-4-3-5-7-13;;/h3-7,14-15H,2,8-12H2,1H3;2*1H. The average molecular weight is 307 g/mol. The minimum absolute atomic E-state index is 0. The molecule has 0 radical (unpaired) electrons. The Hall–Kier alpha value is -0.320. The van der Waals surface area contributed by atoms with E-state index in [1.165, 1.54) is 5.56 Å². The highest BCUT2D eigenvalue weighted by Gasteiger charge is 2.19. The van der Waals surface area contributed by atoms with Crippen LogP contribution in [0.15, 0.2) is 30.3 Å². The lowest BCUT2D eigenvalue weighted by molar-refractivity contribution is -0.0297. The Kier molecular flexibility index (Phi) is 10.3. The molecule has 1 aromatic rings. The molecule has 3 nitrogen and oxygen atoms in total. The van der Waals surface area contributed by atoms with Crippen LogP contribution in [0.25, 0.3) is 0 Å². The number of halogens is 2. The lowest BCUT2D eigenvalue weighted by atomic mass is 10.2. The minimum Gasteiger partial charge on any atom is -0.374 e. The number of hydrogen-bond donors (Lipinski definition) is 1. The Bertz CT molecular complexity index is 324. The predicted octanol–water partition coefficient (Wildman–Crippen LogP) is 2.34. The zero-order chi connectivity index (χ0) is 11.9. The van der Waals surface area contributed by atoms with Crippen LogP contribution in [-0.4, -0.2) is 43.8 Å². The highest BCUT2D eigenvalue weighted by Crippen LogP contribution is 2.09. The fourth-order valence-corrected chi connectivity index (χ4v) is 2.19. The summed E-state index contributed by atoms with van der Waals surface area (Å²) in [4.78, 5) is 2.47. The van der Waals surface area contributed by atoms with Crippen LogP contribution in [-0.2, 0) is 11.3 Å². The molecule has 5 heteroatoms. The summed E-state index contributed by atoms with van der Waals surface area (Å²) in [6, 6.07) is 10.7. The van der Waals surface area contributed by atoms with E-state index in [0.29, 0.717) is 6.10 Å². The summed E-state index contributed by atoms with van der Waals surface area (Å²) in [7, 11) is 0. The fourth-order valence-electron chi connectivity index (χ4n) is 2.19. The van der Waals surface area contributed by atoms with Crippen LogP contribution in [0.5, 0.6) is 0 Å². The molecule has 1 aliphatic rings. The number of nitrogens with one attached hydrogen (secondary N) is 1. The van der Waals surface area contributed by atoms with Gasteiger partial charge in [-0.25, -0.2) is 0 Å². The SMILES string of the molecule is CCNCC1CN(Cc2ccccc2)CCO1.Cl.Cl. The van der Waals surface area contributed by atoms with E-state index in [1.807, 2.05) is 0 Å². The van der Waals surface area contributed by atoms with Gasteiger partial charge in [0, 0.05) is 26.2 Å². The number of likely N-dealkylation sites (N-methyl/N-ethyl adjacent to an activating group) is 1. The largest absolute Gasteiger partial charge is 0.374 e. The summed E-state index contributed by atoms with van der Waals surface area (Å²) in [6.45, 7) is 8.06. The summed E-state index contributed by atoms with van der Waals surface area (Å²) in [5, 5.41) is 3.35. The van der Waals surface area contributed by atoms with Crippen molar-refractivity contribution in [3.05, 3.63) is 35.9 Å². The molecule has 1 aliphatic heterocycles. The topological polar surface area (TPSA) is 24.5 Å². The predicted molar refractivity (Wildman–Crippen MR) is 84.5 cm³/mol. The van der Waals surface area contributed by atoms with Crippen LogP contribution in [0.4, 0.5) is 0 Å². The van der Waals surface area contributed by atoms with Crippen LogP contribution in [0.2, 0.25) is 0 Å². The maximum atomic E-state index is 5.74. The first-order valence-corrected chi connectivity index (χ1v) is 6.47. The molecule has 1 aromatic carbocycles. The second-order valence-corrected chi connectivity index (χ2v) is 4.52. The van der Waals surface area contributed by atoms with Crippen LogP contribution in [0.1, 0.15) is 12.5 Å². The molecule has 1 N–H and O–H groups in total. The number of morpholine rings is 1. The average Bonchev–Trinajstić information content (AvgIpc) is 2.38. The van der Waals surface area contributed by atoms with E-state index in [1.54, 1.807) is 0 Å². The molecule has 19 heavy (non-hydrogen) atoms. The van der Waals surface area contributed by atoms with Crippen LogP contribution in [0.3, 0.4) is 0 Å². The molecule has 1 fully saturated rings. The van der Waals surface area contributed by atoms with E-state index in [9.17, 15) is 0 Å². The van der Waals surface area contributed by atoms with Gasteiger partial charge < -0.3 is 10.1 Å². The van der Waals surface area contributed by atoms with Crippen LogP contribution < -0.4 is 5.32 Å². The second-order valence-electron chi connectivity index (χ2n) is 4.52. The van der Waals surface area contributed by atoms with Gasteiger partial charge in [0.15, 0.2) is 0 Å². The number of benzene rings is 1. The molecule has 0 spiro atoms. The maximum Gasteiger partial charge on any atom is 0.0826 e. The van der Waals surface area contributed by atoms with Crippen molar-refractivity contribution in [2.75, 3.05) is 32.8 Å². The molecule has 1 unspecified atom stereocenters. The lowest BCUT2D eigenvalue weighted by Crippen LogP contribution is -2.46. The Morgan fingerprint density at radius 3 is 2.68 bits per heavy atom. The normalized spacial score (nSPS) is 19.3. The third-order valence-corrected chi connectivity index (χ3v) is 3.09. The Morgan fingerprint density at radius 2 is 2.00 bits per heavy atom. The summed E-state index contributed by atoms with van der Waals surface area (Å²) < 4.78 is 5.74. The van der Waals surface area contributed by atoms with Gasteiger partial charge >= 0.3 is 0 Å². The zero-order valence-electron chi connectivity index (χ0n) is 11.4. The molecule has 0 aromatic heterocycles. The van der Waals surface area contributed by atoms with Crippen LogP contribution >= 0.6 is 24.8 Å². The van der Waals surface area contributed by atoms with Gasteiger partial charge in [-0.15, -0.1) is 24.8 Å². The van der Waals surface area contributed by atoms with Crippen molar-refractivity contribution in [2.24, 2.45) is 0 Å². The maximum absolute atomic E-state index is 5.74. The fraction of sp³-hybridized carbons (Fsp3) is 0.571. The quantitative estimate of drug-likeness (QED) is 0.904. The van der Waals surface area contributed by atoms with Gasteiger partial charge in [-0.05, 0) is 12.1 Å². The van der Waals surface area contributed by atoms with Gasteiger partial charge in [-0.3, -0.25) is 4.90 Å². The van der Waals surface area contributed by atoms with Crippen molar-refractivity contribution in [1.29, 1.82) is 0 Å². The van der Waals surface area contributed by atoms with Gasteiger partial charge in [0.05, 0.1) is 12.7 Å². The number of ether oxygens (including phenoxy) is 1. The van der Waals surface area contributed by atoms with E-state index >= 15 is 0 Å². The van der Waals surface area contributed by atoms with Crippen LogP contribution in [0, 0.1) is 0 Å². The molecule has 0 aliphatic carbocycles. The lowest BCUT2D eigenvalue weighted by Gasteiger charge is -2.33. The molecule has 0 amide bonds. The molecule has 0 bridgehead atoms. The van der Waals surface area contributed by atoms with Crippen molar-refractivity contribution in [2.45, 2.75) is 19.6 Å². The summed E-state index contributed by atoms with van der Waals surface area (Å²) in [5.41, 5.74) is 1.39. The van der Waals surface area contributed by atoms with E-state index in [2.05, 4.69) is 47.5 Å². The molecule has 1 saturated heterocycles. The van der Waals surface area contributed by atoms with Crippen molar-refractivity contribution >= 4 is 24.8 Å². The van der Waals surface area contributed by atoms with Crippen molar-refractivity contribution in [3.8, 4) is 0 Å². The first kappa shape index (κ1) is 18.7. The van der Waals surface area contributed by atoms with Gasteiger partial charge in [-0.1, -0.05) is 37.3 Å². The van der Waals surface area contributed by atoms with E-state index < -0.39 is 0 Å². The number of nitrogens with zero attached hydrogens (tertiary/aromatic N) is 1. The highest BCUT2D eigenvalue weighted by atomic mass is 35.5. The van der Waals surface area contributed by atoms with Crippen molar-refractivity contribution < 1.29 is 4.74 Å². The minimum atomic E-state index is 0. The molecule has 2 rings (SSSR count). The molecular weight excluding hydrogens is 283 g/mol. The molecule has 110 valence electrons. The van der Waals surface area contributed by atoms with E-state index in [4.69, 9.17) is 4.74 Å². The number of hydrogen-bond acceptors (Lipinski definition) is 3. The molecular formula is C14H24Cl2N2O. The molecule has 1 heterocycles. The highest BCUT2D eigenvalue weighted by molar-refractivity contribution is 5.85. The summed E-state index contributed by atoms with van der Waals surface area (Å²) in [6.07, 6.45) is 0.340. The van der Waals surface area contributed by atoms with E-state index in [-0.39, 0.29) is 24.8 Å². The second kappa shape index (κ2) is 10.5. The molecule has 0 saturated carbocycles. The van der Waals surface area contributed by atoms with E-state index in [0.717, 1.165) is 39.3 Å². The summed E-state index contributed by atoms with van der Waals surface area (Å²) in [5.74, 6) is 0. The Balaban J connectivity index is 0.00000162. The van der Waals surface area contributed by atoms with Crippen molar-refractivity contribution in [1.82, 2.24) is 10.2 Å². The molecule has 1 atom stereocenters. The zero-order valence-corrected chi connectivity index (χ0v) is 13.0. The monoisotopic (exact) mass is 306 g/mol. The smallest absolute Gasteiger partial charge is 0.0826 e. The Labute approximate surface area is 128 Å². The summed E-state index contributed by atoms with van der Waals surface area (Å²) >= 11 is 0. The first-order valence-electron chi connectivity index (χ1n) is 6.47. The third-order valence-electron chi connectivity index (χ3n) is 3.09. The van der Waals surface area contributed by atoms with Crippen molar-refractivity contribution in [3.63, 3.8) is 0 Å². The van der Waals surface area contributed by atoms with Gasteiger partial charge in [0.1, 0.15) is 0 Å². The van der Waals surface area contributed by atoms with Gasteiger partial charge in [-0.2, -0.15) is 0 Å². The first-order chi connectivity index (χ1) is 8.38. The third kappa shape index (κ3) is 6.59.